The molecule has 2 aliphatic heterocycles. The predicted molar refractivity (Wildman–Crippen MR) is 268 cm³/mol. The Morgan fingerprint density at radius 3 is 1.35 bits per heavy atom. The van der Waals surface area contributed by atoms with Gasteiger partial charge >= 0.3 is 41.7 Å². The number of halogens is 4. The van der Waals surface area contributed by atoms with Crippen molar-refractivity contribution < 1.29 is 75.2 Å². The summed E-state index contributed by atoms with van der Waals surface area (Å²) in [5, 5.41) is 10.0. The molecule has 4 atom stereocenters. The van der Waals surface area contributed by atoms with Gasteiger partial charge in [-0.15, -0.1) is 0 Å². The quantitative estimate of drug-likeness (QED) is 0.0212. The van der Waals surface area contributed by atoms with Gasteiger partial charge in [-0.1, -0.05) is 105 Å². The number of ether oxygens (including phenoxy) is 4. The maximum absolute atomic E-state index is 16.3. The molecule has 0 aromatic heterocycles. The molecule has 0 aliphatic carbocycles. The molecule has 0 unspecified atom stereocenters. The van der Waals surface area contributed by atoms with Crippen molar-refractivity contribution in [1.82, 2.24) is 9.80 Å². The highest BCUT2D eigenvalue weighted by Gasteiger charge is 2.45. The van der Waals surface area contributed by atoms with Crippen LogP contribution in [0.4, 0.5) is 17.6 Å². The van der Waals surface area contributed by atoms with E-state index >= 15 is 17.6 Å². The summed E-state index contributed by atoms with van der Waals surface area (Å²) in [7, 11) is 0. The van der Waals surface area contributed by atoms with E-state index in [0.29, 0.717) is 77.7 Å². The highest BCUT2D eigenvalue weighted by molar-refractivity contribution is 5.89. The number of esters is 4. The molecular formula is C57H68F4N2O12. The number of alkyl halides is 4. The Hall–Kier alpha value is -6.85. The number of unbranched alkanes of at least 4 members (excludes halogenated alkanes) is 6. The van der Waals surface area contributed by atoms with Crippen molar-refractivity contribution in [2.75, 3.05) is 26.3 Å². The van der Waals surface area contributed by atoms with Crippen LogP contribution in [0.2, 0.25) is 0 Å². The fourth-order valence-corrected chi connectivity index (χ4v) is 9.14. The number of nitrogens with zero attached hydrogens (tertiary/aromatic N) is 2. The number of carboxylic acids is 1. The molecular weight excluding hydrogens is 981 g/mol. The van der Waals surface area contributed by atoms with Crippen LogP contribution in [0.25, 0.3) is 0 Å². The minimum absolute atomic E-state index is 0.0423. The molecule has 0 spiro atoms. The summed E-state index contributed by atoms with van der Waals surface area (Å²) in [6.45, 7) is 4.76. The van der Waals surface area contributed by atoms with Crippen LogP contribution in [0.1, 0.15) is 136 Å². The monoisotopic (exact) mass is 1050 g/mol. The van der Waals surface area contributed by atoms with E-state index < -0.39 is 83.6 Å². The smallest absolute Gasteiger partial charge is 0.335 e. The first-order chi connectivity index (χ1) is 35.9. The Labute approximate surface area is 435 Å². The summed E-state index contributed by atoms with van der Waals surface area (Å²) in [6, 6.07) is 15.7. The minimum Gasteiger partial charge on any atom is -0.478 e. The molecule has 75 heavy (non-hydrogen) atoms. The highest BCUT2D eigenvalue weighted by Crippen LogP contribution is 2.37. The second-order valence-electron chi connectivity index (χ2n) is 18.6. The van der Waals surface area contributed by atoms with Gasteiger partial charge in [0.25, 0.3) is 0 Å². The second kappa shape index (κ2) is 29.3. The van der Waals surface area contributed by atoms with Gasteiger partial charge in [0.05, 0.1) is 43.7 Å². The number of carbonyl (C=O) groups excluding carboxylic acids is 6. The Balaban J connectivity index is 1.29. The molecule has 5 rings (SSSR count). The van der Waals surface area contributed by atoms with Crippen LogP contribution < -0.4 is 0 Å². The average molecular weight is 1050 g/mol. The molecule has 3 aromatic rings. The number of benzene rings is 3. The largest absolute Gasteiger partial charge is 0.478 e. The van der Waals surface area contributed by atoms with Gasteiger partial charge in [0.15, 0.2) is 12.2 Å². The maximum Gasteiger partial charge on any atom is 0.335 e. The lowest BCUT2D eigenvalue weighted by molar-refractivity contribution is -0.167. The zero-order valence-corrected chi connectivity index (χ0v) is 42.6. The van der Waals surface area contributed by atoms with Crippen LogP contribution in [0.15, 0.2) is 103 Å². The third-order valence-corrected chi connectivity index (χ3v) is 13.0. The highest BCUT2D eigenvalue weighted by atomic mass is 19.3. The van der Waals surface area contributed by atoms with Crippen LogP contribution in [-0.4, -0.2) is 107 Å². The molecule has 406 valence electrons. The topological polar surface area (TPSA) is 183 Å². The molecule has 14 nitrogen and oxygen atoms in total. The molecule has 2 aliphatic rings. The Morgan fingerprint density at radius 2 is 0.973 bits per heavy atom. The minimum atomic E-state index is -3.77. The number of hydrogen-bond donors (Lipinski definition) is 1. The molecule has 18 heteroatoms. The lowest BCUT2D eigenvalue weighted by atomic mass is 10.00. The van der Waals surface area contributed by atoms with E-state index in [-0.39, 0.29) is 60.6 Å². The van der Waals surface area contributed by atoms with Gasteiger partial charge in [-0.05, 0) is 87.8 Å². The fourth-order valence-electron chi connectivity index (χ4n) is 9.14. The van der Waals surface area contributed by atoms with Gasteiger partial charge < -0.3 is 33.9 Å². The lowest BCUT2D eigenvalue weighted by Gasteiger charge is -2.27. The third-order valence-electron chi connectivity index (χ3n) is 13.0. The number of likely N-dealkylation sites (tertiary alicyclic amines) is 2. The number of aromatic carboxylic acids is 1. The fraction of sp³-hybridized carbons (Fsp3) is 0.491. The molecule has 3 aromatic carbocycles. The normalized spacial score (nSPS) is 16.9. The predicted octanol–water partition coefficient (Wildman–Crippen LogP) is 10.00. The molecule has 2 amide bonds. The Kier molecular flexibility index (Phi) is 23.1. The number of carboxylic acid groups (broad SMARTS) is 1. The zero-order valence-electron chi connectivity index (χ0n) is 42.6. The Morgan fingerprint density at radius 1 is 0.587 bits per heavy atom. The van der Waals surface area contributed by atoms with Gasteiger partial charge in [-0.25, -0.2) is 4.79 Å². The van der Waals surface area contributed by atoms with Crippen molar-refractivity contribution in [2.45, 2.75) is 153 Å². The van der Waals surface area contributed by atoms with Gasteiger partial charge in [0.1, 0.15) is 0 Å². The maximum atomic E-state index is 16.3. The van der Waals surface area contributed by atoms with Crippen LogP contribution in [0, 0.1) is 0 Å². The van der Waals surface area contributed by atoms with Crippen molar-refractivity contribution in [3.8, 4) is 0 Å². The van der Waals surface area contributed by atoms with E-state index in [2.05, 4.69) is 0 Å². The number of hydrogen-bond acceptors (Lipinski definition) is 11. The molecule has 2 heterocycles. The first-order valence-corrected chi connectivity index (χ1v) is 25.8. The van der Waals surface area contributed by atoms with Gasteiger partial charge in [0, 0.05) is 49.9 Å². The van der Waals surface area contributed by atoms with Crippen LogP contribution in [0.3, 0.4) is 0 Å². The first-order valence-electron chi connectivity index (χ1n) is 25.8. The van der Waals surface area contributed by atoms with E-state index in [1.807, 2.05) is 0 Å². The zero-order chi connectivity index (χ0) is 54.4. The van der Waals surface area contributed by atoms with Crippen molar-refractivity contribution in [1.29, 1.82) is 0 Å². The van der Waals surface area contributed by atoms with Gasteiger partial charge in [-0.2, -0.15) is 17.6 Å². The molecule has 0 bridgehead atoms. The lowest BCUT2D eigenvalue weighted by Crippen LogP contribution is -2.36. The summed E-state index contributed by atoms with van der Waals surface area (Å²) in [5.41, 5.74) is -1.40. The van der Waals surface area contributed by atoms with Crippen LogP contribution >= 0.6 is 0 Å². The van der Waals surface area contributed by atoms with E-state index in [1.54, 1.807) is 35.8 Å². The van der Waals surface area contributed by atoms with Crippen molar-refractivity contribution >= 4 is 41.7 Å². The number of carbonyl (C=O) groups is 7. The Bertz CT molecular complexity index is 2290. The molecule has 2 saturated heterocycles. The summed E-state index contributed by atoms with van der Waals surface area (Å²) in [6.07, 6.45) is 6.09. The second-order valence-corrected chi connectivity index (χ2v) is 18.6. The third kappa shape index (κ3) is 18.2. The molecule has 0 radical (unpaired) electrons. The standard InChI is InChI=1S/C57H68F4N2O12/c1-3-72-51(66)23-15-5-7-17-33-62-45(27-31-49(62)64)25-29-47(56(58,59)43-19-11-9-12-20-43)74-53(68)38-40-35-41(37-42(36-40)55(70)71)39-54(69)75-48(57(60,61)44-21-13-10-14-22-44)30-26-46-28-32-50(65)63(46)34-18-8-6-16-24-52(67)73-4-2/h9-14,19-22,25-26,29-30,35-37,45-48H,3-8,15-18,23-24,27-28,31-34,38-39H2,1-2H3,(H,70,71)/b29-25+,30-26+/t45-,46-,47+,48+/m0/s1. The number of rotatable bonds is 31. The summed E-state index contributed by atoms with van der Waals surface area (Å²) < 4.78 is 86.1. The van der Waals surface area contributed by atoms with Gasteiger partial charge in [-0.3, -0.25) is 28.8 Å². The van der Waals surface area contributed by atoms with E-state index in [9.17, 15) is 38.7 Å². The summed E-state index contributed by atoms with van der Waals surface area (Å²) in [5.74, 6) is -12.3. The van der Waals surface area contributed by atoms with Crippen molar-refractivity contribution in [2.24, 2.45) is 0 Å². The van der Waals surface area contributed by atoms with Gasteiger partial charge in [0.2, 0.25) is 11.8 Å². The molecule has 2 fully saturated rings. The van der Waals surface area contributed by atoms with E-state index in [0.717, 1.165) is 37.1 Å². The van der Waals surface area contributed by atoms with E-state index in [4.69, 9.17) is 18.9 Å². The molecule has 1 N–H and O–H groups in total. The van der Waals surface area contributed by atoms with E-state index in [1.165, 1.54) is 66.7 Å². The van der Waals surface area contributed by atoms with Crippen LogP contribution in [-0.2, 0) is 72.4 Å². The average Bonchev–Trinajstić information content (AvgIpc) is 3.92. The SMILES string of the molecule is CCOC(=O)CCCCCCN1C(=O)CC[C@@H]1/C=C/[C@@H](OC(=O)Cc1cc(CC(=O)O[C@H](/C=C/[C@H]2CCC(=O)N2CCCCCCC(=O)OCC)C(F)(F)c2ccccc2)cc(C(=O)O)c1)C(F)(F)c1ccccc1. The van der Waals surface area contributed by atoms with Crippen molar-refractivity contribution in [3.63, 3.8) is 0 Å². The van der Waals surface area contributed by atoms with Crippen LogP contribution in [0.5, 0.6) is 0 Å². The summed E-state index contributed by atoms with van der Waals surface area (Å²) >= 11 is 0. The summed E-state index contributed by atoms with van der Waals surface area (Å²) in [4.78, 5) is 91.8. The number of amides is 2. The van der Waals surface area contributed by atoms with Crippen molar-refractivity contribution in [3.05, 3.63) is 131 Å². The molecule has 0 saturated carbocycles. The first kappa shape index (κ1) is 59.0.